The first-order valence-electron chi connectivity index (χ1n) is 7.56. The molecule has 0 radical (unpaired) electrons. The quantitative estimate of drug-likeness (QED) is 0.695. The molecule has 0 aliphatic heterocycles. The van der Waals surface area contributed by atoms with Crippen molar-refractivity contribution in [3.63, 3.8) is 0 Å². The maximum absolute atomic E-state index is 12.4. The monoisotopic (exact) mass is 365 g/mol. The number of thiophene rings is 1. The van der Waals surface area contributed by atoms with Crippen LogP contribution in [0.3, 0.4) is 0 Å². The summed E-state index contributed by atoms with van der Waals surface area (Å²) in [7, 11) is 1.41. The molecule has 2 aromatic heterocycles. The lowest BCUT2D eigenvalue weighted by Gasteiger charge is -2.12. The number of aryl methyl sites for hydroxylation is 2. The van der Waals surface area contributed by atoms with E-state index < -0.39 is 6.61 Å². The van der Waals surface area contributed by atoms with Crippen molar-refractivity contribution in [1.82, 2.24) is 9.97 Å². The second kappa shape index (κ2) is 7.18. The standard InChI is InChI=1S/C17H17F2N3O2S/c1-9-10(2)25-16-14(9)15(21-8-22-16)20-7-11-4-5-12(24-17(18)19)13(6-11)23-3/h4-6,8,17H,7H2,1-3H3,(H,20,21,22). The zero-order valence-corrected chi connectivity index (χ0v) is 14.8. The predicted molar refractivity (Wildman–Crippen MR) is 93.8 cm³/mol. The van der Waals surface area contributed by atoms with E-state index in [1.165, 1.54) is 24.4 Å². The van der Waals surface area contributed by atoms with E-state index in [0.29, 0.717) is 6.54 Å². The summed E-state index contributed by atoms with van der Waals surface area (Å²) in [5, 5.41) is 4.29. The van der Waals surface area contributed by atoms with Gasteiger partial charge in [-0.3, -0.25) is 0 Å². The maximum Gasteiger partial charge on any atom is 0.387 e. The highest BCUT2D eigenvalue weighted by Gasteiger charge is 2.13. The van der Waals surface area contributed by atoms with Crippen molar-refractivity contribution in [2.75, 3.05) is 12.4 Å². The van der Waals surface area contributed by atoms with Crippen molar-refractivity contribution in [3.05, 3.63) is 40.5 Å². The summed E-state index contributed by atoms with van der Waals surface area (Å²) in [6.07, 6.45) is 1.53. The number of aromatic nitrogens is 2. The van der Waals surface area contributed by atoms with Gasteiger partial charge in [-0.05, 0) is 37.1 Å². The highest BCUT2D eigenvalue weighted by atomic mass is 32.1. The topological polar surface area (TPSA) is 56.3 Å². The minimum absolute atomic E-state index is 0.00924. The van der Waals surface area contributed by atoms with Crippen LogP contribution in [0.15, 0.2) is 24.5 Å². The average molecular weight is 365 g/mol. The number of hydrogen-bond donors (Lipinski definition) is 1. The number of alkyl halides is 2. The fourth-order valence-corrected chi connectivity index (χ4v) is 3.51. The lowest BCUT2D eigenvalue weighted by Crippen LogP contribution is -2.05. The minimum Gasteiger partial charge on any atom is -0.493 e. The summed E-state index contributed by atoms with van der Waals surface area (Å²) in [5.74, 6) is 1.02. The second-order valence-electron chi connectivity index (χ2n) is 5.40. The van der Waals surface area contributed by atoms with Gasteiger partial charge in [0.2, 0.25) is 0 Å². The number of nitrogens with zero attached hydrogens (tertiary/aromatic N) is 2. The minimum atomic E-state index is -2.89. The third kappa shape index (κ3) is 3.63. The Bertz CT molecular complexity index is 899. The molecular weight excluding hydrogens is 348 g/mol. The van der Waals surface area contributed by atoms with E-state index in [1.54, 1.807) is 23.5 Å². The first-order chi connectivity index (χ1) is 12.0. The van der Waals surface area contributed by atoms with Crippen LogP contribution in [0.2, 0.25) is 0 Å². The van der Waals surface area contributed by atoms with Crippen molar-refractivity contribution in [2.45, 2.75) is 27.0 Å². The van der Waals surface area contributed by atoms with Gasteiger partial charge in [0.1, 0.15) is 17.0 Å². The van der Waals surface area contributed by atoms with Crippen LogP contribution < -0.4 is 14.8 Å². The van der Waals surface area contributed by atoms with E-state index in [2.05, 4.69) is 26.9 Å². The molecule has 5 nitrogen and oxygen atoms in total. The van der Waals surface area contributed by atoms with E-state index in [-0.39, 0.29) is 11.5 Å². The molecule has 0 fully saturated rings. The average Bonchev–Trinajstić information content (AvgIpc) is 2.88. The van der Waals surface area contributed by atoms with Crippen LogP contribution in [0.25, 0.3) is 10.2 Å². The van der Waals surface area contributed by atoms with E-state index in [4.69, 9.17) is 4.74 Å². The highest BCUT2D eigenvalue weighted by molar-refractivity contribution is 7.18. The molecule has 0 aliphatic carbocycles. The van der Waals surface area contributed by atoms with Crippen LogP contribution in [-0.4, -0.2) is 23.7 Å². The third-order valence-corrected chi connectivity index (χ3v) is 4.98. The molecule has 2 heterocycles. The number of ether oxygens (including phenoxy) is 2. The van der Waals surface area contributed by atoms with Crippen LogP contribution in [0.1, 0.15) is 16.0 Å². The first kappa shape index (κ1) is 17.3. The number of hydrogen-bond acceptors (Lipinski definition) is 6. The summed E-state index contributed by atoms with van der Waals surface area (Å²) in [6.45, 7) is 1.67. The van der Waals surface area contributed by atoms with Crippen LogP contribution in [0, 0.1) is 13.8 Å². The van der Waals surface area contributed by atoms with Gasteiger partial charge in [-0.2, -0.15) is 8.78 Å². The fraction of sp³-hybridized carbons (Fsp3) is 0.294. The SMILES string of the molecule is COc1cc(CNc2ncnc3sc(C)c(C)c23)ccc1OC(F)F. The summed E-state index contributed by atoms with van der Waals surface area (Å²) in [5.41, 5.74) is 2.01. The maximum atomic E-state index is 12.4. The normalized spacial score (nSPS) is 11.1. The first-order valence-corrected chi connectivity index (χ1v) is 8.37. The van der Waals surface area contributed by atoms with E-state index >= 15 is 0 Å². The van der Waals surface area contributed by atoms with Gasteiger partial charge in [0, 0.05) is 11.4 Å². The van der Waals surface area contributed by atoms with Gasteiger partial charge in [-0.15, -0.1) is 11.3 Å². The number of benzene rings is 1. The summed E-state index contributed by atoms with van der Waals surface area (Å²) in [4.78, 5) is 10.8. The molecule has 0 atom stereocenters. The van der Waals surface area contributed by atoms with Gasteiger partial charge in [0.05, 0.1) is 12.5 Å². The Morgan fingerprint density at radius 3 is 2.72 bits per heavy atom. The van der Waals surface area contributed by atoms with Gasteiger partial charge < -0.3 is 14.8 Å². The molecule has 25 heavy (non-hydrogen) atoms. The molecule has 1 aromatic carbocycles. The smallest absolute Gasteiger partial charge is 0.387 e. The Morgan fingerprint density at radius 1 is 1.20 bits per heavy atom. The predicted octanol–water partition coefficient (Wildman–Crippen LogP) is 4.53. The Hall–Kier alpha value is -2.48. The second-order valence-corrected chi connectivity index (χ2v) is 6.61. The Balaban J connectivity index is 1.82. The third-order valence-electron chi connectivity index (χ3n) is 3.87. The summed E-state index contributed by atoms with van der Waals surface area (Å²) >= 11 is 1.63. The Morgan fingerprint density at radius 2 is 2.00 bits per heavy atom. The molecule has 3 aromatic rings. The molecule has 0 saturated heterocycles. The Labute approximate surface area is 147 Å². The van der Waals surface area contributed by atoms with Gasteiger partial charge in [-0.1, -0.05) is 6.07 Å². The van der Waals surface area contributed by atoms with E-state index in [1.807, 2.05) is 6.92 Å². The highest BCUT2D eigenvalue weighted by Crippen LogP contribution is 2.33. The number of rotatable bonds is 6. The van der Waals surface area contributed by atoms with E-state index in [9.17, 15) is 8.78 Å². The van der Waals surface area contributed by atoms with Crippen molar-refractivity contribution in [1.29, 1.82) is 0 Å². The van der Waals surface area contributed by atoms with Gasteiger partial charge in [0.25, 0.3) is 0 Å². The van der Waals surface area contributed by atoms with Crippen molar-refractivity contribution >= 4 is 27.4 Å². The number of halogens is 2. The molecule has 0 unspecified atom stereocenters. The van der Waals surface area contributed by atoms with E-state index in [0.717, 1.165) is 27.2 Å². The van der Waals surface area contributed by atoms with Crippen molar-refractivity contribution in [3.8, 4) is 11.5 Å². The van der Waals surface area contributed by atoms with Gasteiger partial charge in [-0.25, -0.2) is 9.97 Å². The molecule has 0 amide bonds. The molecule has 0 aliphatic rings. The molecule has 3 rings (SSSR count). The molecule has 8 heteroatoms. The number of methoxy groups -OCH3 is 1. The van der Waals surface area contributed by atoms with Crippen LogP contribution in [0.4, 0.5) is 14.6 Å². The Kier molecular flexibility index (Phi) is 4.98. The molecule has 0 spiro atoms. The number of anilines is 1. The molecule has 0 saturated carbocycles. The summed E-state index contributed by atoms with van der Waals surface area (Å²) in [6, 6.07) is 4.84. The van der Waals surface area contributed by atoms with Gasteiger partial charge in [0.15, 0.2) is 11.5 Å². The van der Waals surface area contributed by atoms with Crippen LogP contribution in [-0.2, 0) is 6.54 Å². The number of fused-ring (bicyclic) bond motifs is 1. The van der Waals surface area contributed by atoms with Crippen LogP contribution >= 0.6 is 11.3 Å². The lowest BCUT2D eigenvalue weighted by atomic mass is 10.2. The summed E-state index contributed by atoms with van der Waals surface area (Å²) < 4.78 is 34.3. The molecule has 1 N–H and O–H groups in total. The van der Waals surface area contributed by atoms with Crippen molar-refractivity contribution < 1.29 is 18.3 Å². The fourth-order valence-electron chi connectivity index (χ4n) is 2.52. The zero-order valence-electron chi connectivity index (χ0n) is 14.0. The van der Waals surface area contributed by atoms with Crippen LogP contribution in [0.5, 0.6) is 11.5 Å². The lowest BCUT2D eigenvalue weighted by molar-refractivity contribution is -0.0512. The van der Waals surface area contributed by atoms with Gasteiger partial charge >= 0.3 is 6.61 Å². The molecule has 0 bridgehead atoms. The number of nitrogens with one attached hydrogen (secondary N) is 1. The zero-order chi connectivity index (χ0) is 18.0. The van der Waals surface area contributed by atoms with Crippen molar-refractivity contribution in [2.24, 2.45) is 0 Å². The largest absolute Gasteiger partial charge is 0.493 e. The molecular formula is C17H17F2N3O2S. The molecule has 132 valence electrons.